The van der Waals surface area contributed by atoms with Gasteiger partial charge in [0.05, 0.1) is 6.54 Å². The molecule has 5 heteroatoms. The van der Waals surface area contributed by atoms with E-state index in [1.807, 2.05) is 21.7 Å². The molecule has 0 unspecified atom stereocenters. The van der Waals surface area contributed by atoms with Crippen molar-refractivity contribution in [1.82, 2.24) is 14.5 Å². The predicted molar refractivity (Wildman–Crippen MR) is 90.8 cm³/mol. The lowest BCUT2D eigenvalue weighted by Crippen LogP contribution is -2.34. The summed E-state index contributed by atoms with van der Waals surface area (Å²) >= 11 is 0. The Hall–Kier alpha value is -2.17. The molecule has 0 saturated heterocycles. The van der Waals surface area contributed by atoms with E-state index in [0.29, 0.717) is 31.5 Å². The summed E-state index contributed by atoms with van der Waals surface area (Å²) in [6.45, 7) is 5.21. The second-order valence-electron chi connectivity index (χ2n) is 6.95. The fourth-order valence-corrected chi connectivity index (χ4v) is 2.89. The van der Waals surface area contributed by atoms with Gasteiger partial charge in [-0.3, -0.25) is 4.79 Å². The number of aromatic nitrogens is 2. The molecule has 24 heavy (non-hydrogen) atoms. The van der Waals surface area contributed by atoms with Gasteiger partial charge in [-0.2, -0.15) is 0 Å². The first-order valence-electron chi connectivity index (χ1n) is 8.57. The van der Waals surface area contributed by atoms with Crippen LogP contribution in [0.25, 0.3) is 0 Å². The van der Waals surface area contributed by atoms with Crippen LogP contribution in [0.15, 0.2) is 36.7 Å². The molecule has 1 aromatic heterocycles. The summed E-state index contributed by atoms with van der Waals surface area (Å²) in [7, 11) is 0. The third-order valence-corrected chi connectivity index (χ3v) is 4.25. The summed E-state index contributed by atoms with van der Waals surface area (Å²) in [5.41, 5.74) is 0.890. The second kappa shape index (κ2) is 7.16. The standard InChI is InChI=1S/C19H24FN3O/c1-14(2)10-19(24)23(17-6-7-17)13-18-21-8-9-22(18)12-15-4-3-5-16(20)11-15/h3-5,8-9,11,14,17H,6-7,10,12-13H2,1-2H3. The lowest BCUT2D eigenvalue weighted by Gasteiger charge is -2.23. The first-order chi connectivity index (χ1) is 11.5. The molecule has 1 heterocycles. The van der Waals surface area contributed by atoms with E-state index in [1.54, 1.807) is 12.3 Å². The van der Waals surface area contributed by atoms with Crippen molar-refractivity contribution in [2.24, 2.45) is 5.92 Å². The molecule has 2 aromatic rings. The van der Waals surface area contributed by atoms with Crippen LogP contribution in [0, 0.1) is 11.7 Å². The third kappa shape index (κ3) is 4.22. The van der Waals surface area contributed by atoms with Crippen LogP contribution < -0.4 is 0 Å². The van der Waals surface area contributed by atoms with Gasteiger partial charge in [0.15, 0.2) is 0 Å². The van der Waals surface area contributed by atoms with Crippen LogP contribution in [0.4, 0.5) is 4.39 Å². The molecule has 0 bridgehead atoms. The lowest BCUT2D eigenvalue weighted by atomic mass is 10.1. The highest BCUT2D eigenvalue weighted by atomic mass is 19.1. The maximum atomic E-state index is 13.4. The molecular formula is C19H24FN3O. The molecule has 0 aliphatic heterocycles. The van der Waals surface area contributed by atoms with Crippen molar-refractivity contribution in [3.8, 4) is 0 Å². The molecule has 3 rings (SSSR count). The average Bonchev–Trinajstić information content (AvgIpc) is 3.26. The number of hydrogen-bond acceptors (Lipinski definition) is 2. The fraction of sp³-hybridized carbons (Fsp3) is 0.474. The van der Waals surface area contributed by atoms with E-state index in [9.17, 15) is 9.18 Å². The second-order valence-corrected chi connectivity index (χ2v) is 6.95. The molecule has 1 aliphatic rings. The number of carbonyl (C=O) groups excluding carboxylic acids is 1. The number of benzene rings is 1. The normalized spacial score (nSPS) is 14.2. The number of rotatable bonds is 7. The molecule has 0 atom stereocenters. The van der Waals surface area contributed by atoms with Gasteiger partial charge in [-0.1, -0.05) is 26.0 Å². The van der Waals surface area contributed by atoms with Gasteiger partial charge < -0.3 is 9.47 Å². The molecule has 1 saturated carbocycles. The van der Waals surface area contributed by atoms with Gasteiger partial charge in [0.25, 0.3) is 0 Å². The van der Waals surface area contributed by atoms with E-state index >= 15 is 0 Å². The highest BCUT2D eigenvalue weighted by Gasteiger charge is 2.33. The molecule has 128 valence electrons. The predicted octanol–water partition coefficient (Wildman–Crippen LogP) is 3.61. The number of carbonyl (C=O) groups is 1. The Morgan fingerprint density at radius 3 is 2.88 bits per heavy atom. The molecule has 1 amide bonds. The van der Waals surface area contributed by atoms with Crippen LogP contribution in [0.1, 0.15) is 44.5 Å². The van der Waals surface area contributed by atoms with E-state index in [1.165, 1.54) is 12.1 Å². The van der Waals surface area contributed by atoms with Crippen LogP contribution in [0.2, 0.25) is 0 Å². The van der Waals surface area contributed by atoms with Crippen molar-refractivity contribution in [2.75, 3.05) is 0 Å². The Bertz CT molecular complexity index is 706. The van der Waals surface area contributed by atoms with Crippen molar-refractivity contribution < 1.29 is 9.18 Å². The first kappa shape index (κ1) is 16.7. The number of nitrogens with zero attached hydrogens (tertiary/aromatic N) is 3. The molecule has 0 radical (unpaired) electrons. The molecule has 0 N–H and O–H groups in total. The Labute approximate surface area is 142 Å². The minimum Gasteiger partial charge on any atom is -0.332 e. The summed E-state index contributed by atoms with van der Waals surface area (Å²) < 4.78 is 15.4. The van der Waals surface area contributed by atoms with Gasteiger partial charge in [0.2, 0.25) is 5.91 Å². The number of hydrogen-bond donors (Lipinski definition) is 0. The highest BCUT2D eigenvalue weighted by Crippen LogP contribution is 2.29. The SMILES string of the molecule is CC(C)CC(=O)N(Cc1nccn1Cc1cccc(F)c1)C1CC1. The zero-order chi connectivity index (χ0) is 17.1. The van der Waals surface area contributed by atoms with E-state index in [4.69, 9.17) is 0 Å². The third-order valence-electron chi connectivity index (χ3n) is 4.25. The summed E-state index contributed by atoms with van der Waals surface area (Å²) in [6.07, 6.45) is 6.36. The average molecular weight is 329 g/mol. The van der Waals surface area contributed by atoms with E-state index in [0.717, 1.165) is 24.2 Å². The van der Waals surface area contributed by atoms with Gasteiger partial charge in [-0.05, 0) is 36.5 Å². The highest BCUT2D eigenvalue weighted by molar-refractivity contribution is 5.77. The molecular weight excluding hydrogens is 305 g/mol. The fourth-order valence-electron chi connectivity index (χ4n) is 2.89. The monoisotopic (exact) mass is 329 g/mol. The van der Waals surface area contributed by atoms with Gasteiger partial charge in [-0.25, -0.2) is 9.37 Å². The van der Waals surface area contributed by atoms with Crippen LogP contribution in [0.5, 0.6) is 0 Å². The molecule has 4 nitrogen and oxygen atoms in total. The van der Waals surface area contributed by atoms with Crippen molar-refractivity contribution >= 4 is 5.91 Å². The molecule has 1 fully saturated rings. The lowest BCUT2D eigenvalue weighted by molar-refractivity contribution is -0.133. The van der Waals surface area contributed by atoms with Crippen molar-refractivity contribution in [1.29, 1.82) is 0 Å². The Balaban J connectivity index is 1.73. The number of halogens is 1. The summed E-state index contributed by atoms with van der Waals surface area (Å²) in [6, 6.07) is 6.94. The minimum atomic E-state index is -0.235. The maximum Gasteiger partial charge on any atom is 0.223 e. The van der Waals surface area contributed by atoms with Gasteiger partial charge in [0.1, 0.15) is 11.6 Å². The topological polar surface area (TPSA) is 38.1 Å². The van der Waals surface area contributed by atoms with Crippen LogP contribution >= 0.6 is 0 Å². The zero-order valence-electron chi connectivity index (χ0n) is 14.3. The van der Waals surface area contributed by atoms with Crippen LogP contribution in [-0.2, 0) is 17.9 Å². The van der Waals surface area contributed by atoms with Gasteiger partial charge in [-0.15, -0.1) is 0 Å². The smallest absolute Gasteiger partial charge is 0.223 e. The maximum absolute atomic E-state index is 13.4. The quantitative estimate of drug-likeness (QED) is 0.778. The molecule has 1 aliphatic carbocycles. The number of imidazole rings is 1. The Morgan fingerprint density at radius 2 is 2.21 bits per heavy atom. The summed E-state index contributed by atoms with van der Waals surface area (Å²) in [4.78, 5) is 18.9. The Morgan fingerprint density at radius 1 is 1.42 bits per heavy atom. The molecule has 1 aromatic carbocycles. The summed E-state index contributed by atoms with van der Waals surface area (Å²) in [5, 5.41) is 0. The Kier molecular flexibility index (Phi) is 4.97. The summed E-state index contributed by atoms with van der Waals surface area (Å²) in [5.74, 6) is 1.17. The van der Waals surface area contributed by atoms with E-state index in [2.05, 4.69) is 18.8 Å². The number of amides is 1. The van der Waals surface area contributed by atoms with E-state index < -0.39 is 0 Å². The molecule has 0 spiro atoms. The zero-order valence-corrected chi connectivity index (χ0v) is 14.3. The minimum absolute atomic E-state index is 0.202. The van der Waals surface area contributed by atoms with E-state index in [-0.39, 0.29) is 11.7 Å². The first-order valence-corrected chi connectivity index (χ1v) is 8.57. The van der Waals surface area contributed by atoms with Crippen LogP contribution in [-0.4, -0.2) is 26.4 Å². The van der Waals surface area contributed by atoms with Gasteiger partial charge >= 0.3 is 0 Å². The van der Waals surface area contributed by atoms with Crippen molar-refractivity contribution in [2.45, 2.75) is 52.2 Å². The van der Waals surface area contributed by atoms with Crippen molar-refractivity contribution in [3.63, 3.8) is 0 Å². The van der Waals surface area contributed by atoms with Crippen LogP contribution in [0.3, 0.4) is 0 Å². The largest absolute Gasteiger partial charge is 0.332 e. The van der Waals surface area contributed by atoms with Crippen molar-refractivity contribution in [3.05, 3.63) is 53.9 Å². The van der Waals surface area contributed by atoms with Gasteiger partial charge in [0, 0.05) is 31.4 Å².